The molecule has 0 amide bonds. The van der Waals surface area contributed by atoms with Crippen LogP contribution in [0, 0.1) is 11.3 Å². The highest BCUT2D eigenvalue weighted by atomic mass is 32.2. The number of nitrogens with one attached hydrogen (secondary N) is 1. The lowest BCUT2D eigenvalue weighted by Gasteiger charge is -2.27. The third-order valence-electron chi connectivity index (χ3n) is 3.59. The Morgan fingerprint density at radius 1 is 1.15 bits per heavy atom. The van der Waals surface area contributed by atoms with Gasteiger partial charge in [0.15, 0.2) is 0 Å². The highest BCUT2D eigenvalue weighted by molar-refractivity contribution is 7.91. The van der Waals surface area contributed by atoms with Crippen molar-refractivity contribution in [3.05, 3.63) is 0 Å². The van der Waals surface area contributed by atoms with Crippen molar-refractivity contribution in [3.63, 3.8) is 0 Å². The van der Waals surface area contributed by atoms with Crippen molar-refractivity contribution < 1.29 is 8.42 Å². The van der Waals surface area contributed by atoms with Crippen molar-refractivity contribution in [3.8, 4) is 0 Å². The van der Waals surface area contributed by atoms with E-state index in [0.717, 1.165) is 25.8 Å². The Morgan fingerprint density at radius 3 is 2.20 bits per heavy atom. The molecule has 2 atom stereocenters. The van der Waals surface area contributed by atoms with Crippen LogP contribution in [0.2, 0.25) is 0 Å². The predicted octanol–water partition coefficient (Wildman–Crippen LogP) is 3.64. The SMILES string of the molecule is CCNC(CCCS(=O)(=O)CC)CC(C)CC(C)(C)C. The Labute approximate surface area is 126 Å². The highest BCUT2D eigenvalue weighted by Crippen LogP contribution is 2.27. The first-order valence-electron chi connectivity index (χ1n) is 8.03. The van der Waals surface area contributed by atoms with Crippen LogP contribution in [0.25, 0.3) is 0 Å². The Kier molecular flexibility index (Phi) is 8.99. The molecule has 0 fully saturated rings. The van der Waals surface area contributed by atoms with E-state index >= 15 is 0 Å². The predicted molar refractivity (Wildman–Crippen MR) is 88.9 cm³/mol. The van der Waals surface area contributed by atoms with Crippen LogP contribution in [0.3, 0.4) is 0 Å². The Balaban J connectivity index is 4.23. The lowest BCUT2D eigenvalue weighted by Crippen LogP contribution is -2.32. The first-order valence-corrected chi connectivity index (χ1v) is 9.85. The summed E-state index contributed by atoms with van der Waals surface area (Å²) in [4.78, 5) is 0. The molecule has 122 valence electrons. The molecular weight excluding hydrogens is 270 g/mol. The van der Waals surface area contributed by atoms with Gasteiger partial charge < -0.3 is 5.32 Å². The molecule has 0 aromatic carbocycles. The first kappa shape index (κ1) is 19.9. The maximum Gasteiger partial charge on any atom is 0.150 e. The van der Waals surface area contributed by atoms with Crippen molar-refractivity contribution in [2.75, 3.05) is 18.1 Å². The summed E-state index contributed by atoms with van der Waals surface area (Å²) in [5.41, 5.74) is 0.363. The van der Waals surface area contributed by atoms with Gasteiger partial charge in [-0.15, -0.1) is 0 Å². The van der Waals surface area contributed by atoms with E-state index in [1.54, 1.807) is 6.92 Å². The summed E-state index contributed by atoms with van der Waals surface area (Å²) in [5, 5.41) is 3.51. The molecule has 0 saturated heterocycles. The number of rotatable bonds is 10. The van der Waals surface area contributed by atoms with Gasteiger partial charge in [0.05, 0.1) is 5.75 Å². The normalized spacial score (nSPS) is 16.1. The molecule has 0 aliphatic rings. The monoisotopic (exact) mass is 305 g/mol. The lowest BCUT2D eigenvalue weighted by molar-refractivity contribution is 0.271. The minimum absolute atomic E-state index is 0.263. The van der Waals surface area contributed by atoms with E-state index in [4.69, 9.17) is 0 Å². The molecule has 0 aromatic rings. The standard InChI is InChI=1S/C16H35NO2S/c1-7-17-15(10-9-11-20(18,19)8-2)12-14(3)13-16(4,5)6/h14-15,17H,7-13H2,1-6H3. The van der Waals surface area contributed by atoms with Gasteiger partial charge in [0.1, 0.15) is 9.84 Å². The molecule has 0 aliphatic heterocycles. The average Bonchev–Trinajstić information content (AvgIpc) is 2.26. The minimum atomic E-state index is -2.82. The molecule has 0 saturated carbocycles. The van der Waals surface area contributed by atoms with Crippen LogP contribution in [-0.4, -0.2) is 32.5 Å². The molecule has 0 heterocycles. The number of sulfone groups is 1. The first-order chi connectivity index (χ1) is 9.09. The molecule has 1 N–H and O–H groups in total. The summed E-state index contributed by atoms with van der Waals surface area (Å²) < 4.78 is 23.1. The molecule has 0 aromatic heterocycles. The second kappa shape index (κ2) is 9.04. The van der Waals surface area contributed by atoms with E-state index in [0.29, 0.717) is 23.1 Å². The molecule has 3 nitrogen and oxygen atoms in total. The van der Waals surface area contributed by atoms with Gasteiger partial charge >= 0.3 is 0 Å². The van der Waals surface area contributed by atoms with Gasteiger partial charge in [-0.3, -0.25) is 0 Å². The quantitative estimate of drug-likeness (QED) is 0.670. The van der Waals surface area contributed by atoms with Gasteiger partial charge in [0, 0.05) is 11.8 Å². The Morgan fingerprint density at radius 2 is 1.75 bits per heavy atom. The third-order valence-corrected chi connectivity index (χ3v) is 5.38. The zero-order chi connectivity index (χ0) is 15.8. The van der Waals surface area contributed by atoms with Crippen molar-refractivity contribution in [2.24, 2.45) is 11.3 Å². The summed E-state index contributed by atoms with van der Waals surface area (Å²) in [6, 6.07) is 0.449. The van der Waals surface area contributed by atoms with Crippen LogP contribution in [0.15, 0.2) is 0 Å². The van der Waals surface area contributed by atoms with Crippen molar-refractivity contribution in [1.29, 1.82) is 0 Å². The van der Waals surface area contributed by atoms with Crippen molar-refractivity contribution >= 4 is 9.84 Å². The highest BCUT2D eigenvalue weighted by Gasteiger charge is 2.19. The third kappa shape index (κ3) is 10.7. The minimum Gasteiger partial charge on any atom is -0.314 e. The Bertz CT molecular complexity index is 344. The molecule has 0 radical (unpaired) electrons. The summed E-state index contributed by atoms with van der Waals surface area (Å²) >= 11 is 0. The van der Waals surface area contributed by atoms with Crippen LogP contribution in [-0.2, 0) is 9.84 Å². The number of hydrogen-bond donors (Lipinski definition) is 1. The molecule has 2 unspecified atom stereocenters. The molecule has 4 heteroatoms. The van der Waals surface area contributed by atoms with E-state index in [1.165, 1.54) is 6.42 Å². The van der Waals surface area contributed by atoms with Crippen LogP contribution in [0.1, 0.15) is 67.2 Å². The largest absolute Gasteiger partial charge is 0.314 e. The lowest BCUT2D eigenvalue weighted by atomic mass is 9.82. The van der Waals surface area contributed by atoms with Gasteiger partial charge in [-0.1, -0.05) is 41.5 Å². The fourth-order valence-corrected chi connectivity index (χ4v) is 3.80. The van der Waals surface area contributed by atoms with Crippen molar-refractivity contribution in [1.82, 2.24) is 5.32 Å². The zero-order valence-corrected chi connectivity index (χ0v) is 15.1. The van der Waals surface area contributed by atoms with E-state index < -0.39 is 9.84 Å². The molecule has 20 heavy (non-hydrogen) atoms. The van der Waals surface area contributed by atoms with Crippen molar-refractivity contribution in [2.45, 2.75) is 73.3 Å². The zero-order valence-electron chi connectivity index (χ0n) is 14.3. The van der Waals surface area contributed by atoms with Gasteiger partial charge in [0.25, 0.3) is 0 Å². The summed E-state index contributed by atoms with van der Waals surface area (Å²) in [5.74, 6) is 1.26. The van der Waals surface area contributed by atoms with Gasteiger partial charge in [-0.05, 0) is 43.6 Å². The fraction of sp³-hybridized carbons (Fsp3) is 1.00. The Hall–Kier alpha value is -0.0900. The summed E-state index contributed by atoms with van der Waals surface area (Å²) in [6.07, 6.45) is 4.08. The molecular formula is C16H35NO2S. The van der Waals surface area contributed by atoms with E-state index in [-0.39, 0.29) is 5.75 Å². The van der Waals surface area contributed by atoms with Gasteiger partial charge in [-0.2, -0.15) is 0 Å². The van der Waals surface area contributed by atoms with E-state index in [9.17, 15) is 8.42 Å². The molecule has 0 bridgehead atoms. The molecule has 0 aliphatic carbocycles. The van der Waals surface area contributed by atoms with E-state index in [1.807, 2.05) is 0 Å². The molecule has 0 rings (SSSR count). The fourth-order valence-electron chi connectivity index (χ4n) is 2.90. The van der Waals surface area contributed by atoms with Crippen LogP contribution in [0.4, 0.5) is 0 Å². The number of hydrogen-bond acceptors (Lipinski definition) is 3. The second-order valence-corrected chi connectivity index (χ2v) is 9.71. The second-order valence-electron chi connectivity index (χ2n) is 7.24. The van der Waals surface area contributed by atoms with Crippen LogP contribution < -0.4 is 5.32 Å². The van der Waals surface area contributed by atoms with Gasteiger partial charge in [-0.25, -0.2) is 8.42 Å². The smallest absolute Gasteiger partial charge is 0.150 e. The maximum absolute atomic E-state index is 11.5. The molecule has 0 spiro atoms. The summed E-state index contributed by atoms with van der Waals surface area (Å²) in [7, 11) is -2.82. The van der Waals surface area contributed by atoms with E-state index in [2.05, 4.69) is 39.9 Å². The average molecular weight is 306 g/mol. The van der Waals surface area contributed by atoms with Crippen LogP contribution >= 0.6 is 0 Å². The maximum atomic E-state index is 11.5. The van der Waals surface area contributed by atoms with Gasteiger partial charge in [0.2, 0.25) is 0 Å². The van der Waals surface area contributed by atoms with Crippen LogP contribution in [0.5, 0.6) is 0 Å². The summed E-state index contributed by atoms with van der Waals surface area (Å²) in [6.45, 7) is 13.9. The topological polar surface area (TPSA) is 46.2 Å².